The van der Waals surface area contributed by atoms with Crippen molar-refractivity contribution < 1.29 is 22.7 Å². The van der Waals surface area contributed by atoms with E-state index >= 15 is 0 Å². The first-order chi connectivity index (χ1) is 4.36. The van der Waals surface area contributed by atoms with E-state index in [9.17, 15) is 18.0 Å². The van der Waals surface area contributed by atoms with Crippen LogP contribution < -0.4 is 0 Å². The normalized spacial score (nSPS) is 16.6. The third-order valence-electron chi connectivity index (χ3n) is 0.556. The highest BCUT2D eigenvalue weighted by molar-refractivity contribution is 7.81. The van der Waals surface area contributed by atoms with Crippen molar-refractivity contribution in [3.63, 3.8) is 0 Å². The van der Waals surface area contributed by atoms with Gasteiger partial charge >= 0.3 is 17.6 Å². The summed E-state index contributed by atoms with van der Waals surface area (Å²) in [4.78, 5) is 9.92. The van der Waals surface area contributed by atoms with Crippen molar-refractivity contribution in [1.82, 2.24) is 0 Å². The Morgan fingerprint density at radius 1 is 1.70 bits per heavy atom. The quantitative estimate of drug-likeness (QED) is 0.388. The molecule has 60 valence electrons. The van der Waals surface area contributed by atoms with E-state index < -0.39 is 17.6 Å². The van der Waals surface area contributed by atoms with Crippen molar-refractivity contribution >= 4 is 18.6 Å². The van der Waals surface area contributed by atoms with E-state index in [1.165, 1.54) is 0 Å². The molecule has 0 amide bonds. The number of halogens is 3. The molecule has 0 saturated heterocycles. The van der Waals surface area contributed by atoms with Crippen LogP contribution in [0.1, 0.15) is 6.92 Å². The van der Waals surface area contributed by atoms with Gasteiger partial charge in [-0.1, -0.05) is 12.6 Å². The summed E-state index contributed by atoms with van der Waals surface area (Å²) in [6.07, 6.45) is -3.44. The third kappa shape index (κ3) is 2.95. The topological polar surface area (TPSA) is 26.3 Å². The molecule has 0 rings (SSSR count). The Balaban J connectivity index is 3.99. The summed E-state index contributed by atoms with van der Waals surface area (Å²) >= 11 is 2.76. The molecule has 10 heavy (non-hydrogen) atoms. The van der Waals surface area contributed by atoms with Crippen molar-refractivity contribution in [3.05, 3.63) is 0 Å². The summed E-state index contributed by atoms with van der Waals surface area (Å²) in [6.45, 7) is 0.812. The smallest absolute Gasteiger partial charge is 0.357 e. The molecule has 0 saturated carbocycles. The van der Waals surface area contributed by atoms with Gasteiger partial charge in [0.05, 0.1) is 0 Å². The molecule has 0 aliphatic carbocycles. The second-order valence-electron chi connectivity index (χ2n) is 1.50. The summed E-state index contributed by atoms with van der Waals surface area (Å²) in [5.74, 6) is -1.14. The van der Waals surface area contributed by atoms with E-state index in [4.69, 9.17) is 0 Å². The maximum Gasteiger partial charge on any atom is 0.357 e. The van der Waals surface area contributed by atoms with Gasteiger partial charge in [0.15, 0.2) is 0 Å². The van der Waals surface area contributed by atoms with Crippen LogP contribution >= 0.6 is 12.6 Å². The van der Waals surface area contributed by atoms with E-state index in [0.29, 0.717) is 0 Å². The van der Waals surface area contributed by atoms with Crippen molar-refractivity contribution in [1.29, 1.82) is 0 Å². The average Bonchev–Trinajstić information content (AvgIpc) is 1.60. The third-order valence-corrected chi connectivity index (χ3v) is 0.842. The van der Waals surface area contributed by atoms with Crippen LogP contribution in [-0.4, -0.2) is 17.6 Å². The van der Waals surface area contributed by atoms with Crippen LogP contribution in [0.2, 0.25) is 0 Å². The Labute approximate surface area is 60.8 Å². The van der Waals surface area contributed by atoms with Gasteiger partial charge in [-0.05, 0) is 0 Å². The lowest BCUT2D eigenvalue weighted by Gasteiger charge is -2.16. The van der Waals surface area contributed by atoms with E-state index in [2.05, 4.69) is 17.4 Å². The molecular weight excluding hydrogens is 169 g/mol. The number of hydrogen-bond acceptors (Lipinski definition) is 3. The van der Waals surface area contributed by atoms with Crippen LogP contribution in [0.4, 0.5) is 13.2 Å². The largest absolute Gasteiger partial charge is 0.414 e. The van der Waals surface area contributed by atoms with E-state index in [0.717, 1.165) is 6.92 Å². The first-order valence-corrected chi connectivity index (χ1v) is 2.70. The van der Waals surface area contributed by atoms with Gasteiger partial charge in [0.25, 0.3) is 0 Å². The monoisotopic (exact) mass is 174 g/mol. The van der Waals surface area contributed by atoms with Crippen molar-refractivity contribution in [3.8, 4) is 0 Å². The SMILES string of the molecule is CC(=O)OC(F)(S)C(F)F. The Kier molecular flexibility index (Phi) is 3.01. The molecule has 0 bridgehead atoms. The average molecular weight is 174 g/mol. The molecule has 1 unspecified atom stereocenters. The fourth-order valence-corrected chi connectivity index (χ4v) is 0.375. The minimum Gasteiger partial charge on any atom is -0.414 e. The molecule has 2 nitrogen and oxygen atoms in total. The lowest BCUT2D eigenvalue weighted by molar-refractivity contribution is -0.181. The van der Waals surface area contributed by atoms with Crippen LogP contribution in [0.25, 0.3) is 0 Å². The second-order valence-corrected chi connectivity index (χ2v) is 2.11. The van der Waals surface area contributed by atoms with Gasteiger partial charge in [-0.3, -0.25) is 4.79 Å². The number of rotatable bonds is 2. The molecule has 1 atom stereocenters. The van der Waals surface area contributed by atoms with E-state index in [1.807, 2.05) is 0 Å². The molecule has 0 N–H and O–H groups in total. The highest BCUT2D eigenvalue weighted by Crippen LogP contribution is 2.26. The fraction of sp³-hybridized carbons (Fsp3) is 0.750. The Bertz CT molecular complexity index is 136. The van der Waals surface area contributed by atoms with E-state index in [1.54, 1.807) is 0 Å². The minimum atomic E-state index is -3.47. The highest BCUT2D eigenvalue weighted by Gasteiger charge is 2.39. The number of carbonyl (C=O) groups is 1. The Hall–Kier alpha value is -0.390. The molecule has 0 spiro atoms. The molecule has 0 radical (unpaired) electrons. The van der Waals surface area contributed by atoms with Crippen molar-refractivity contribution in [2.75, 3.05) is 0 Å². The minimum absolute atomic E-state index is 0.812. The number of thiol groups is 1. The molecule has 0 aromatic heterocycles. The summed E-state index contributed by atoms with van der Waals surface area (Å²) in [5.41, 5.74) is 0. The zero-order chi connectivity index (χ0) is 8.36. The van der Waals surface area contributed by atoms with Gasteiger partial charge in [-0.15, -0.1) is 0 Å². The van der Waals surface area contributed by atoms with Crippen LogP contribution in [0.3, 0.4) is 0 Å². The molecule has 0 aliphatic heterocycles. The maximum atomic E-state index is 12.1. The zero-order valence-electron chi connectivity index (χ0n) is 4.97. The lowest BCUT2D eigenvalue weighted by Crippen LogP contribution is -2.30. The van der Waals surface area contributed by atoms with Gasteiger partial charge in [0.1, 0.15) is 0 Å². The van der Waals surface area contributed by atoms with Gasteiger partial charge in [0, 0.05) is 6.92 Å². The summed E-state index contributed by atoms with van der Waals surface area (Å²) in [7, 11) is 0. The van der Waals surface area contributed by atoms with Gasteiger partial charge in [-0.2, -0.15) is 4.39 Å². The number of ether oxygens (including phenoxy) is 1. The molecule has 0 fully saturated rings. The lowest BCUT2D eigenvalue weighted by atomic mass is 10.7. The Morgan fingerprint density at radius 3 is 2.20 bits per heavy atom. The van der Waals surface area contributed by atoms with Crippen LogP contribution in [0.15, 0.2) is 0 Å². The molecule has 6 heteroatoms. The summed E-state index contributed by atoms with van der Waals surface area (Å²) < 4.78 is 38.5. The molecule has 0 aromatic rings. The molecular formula is C4H5F3O2S. The number of alkyl halides is 3. The summed E-state index contributed by atoms with van der Waals surface area (Å²) in [6, 6.07) is 0. The highest BCUT2D eigenvalue weighted by atomic mass is 32.1. The van der Waals surface area contributed by atoms with Crippen molar-refractivity contribution in [2.45, 2.75) is 18.5 Å². The number of hydrogen-bond donors (Lipinski definition) is 1. The number of esters is 1. The van der Waals surface area contributed by atoms with Gasteiger partial charge in [-0.25, -0.2) is 8.78 Å². The Morgan fingerprint density at radius 2 is 2.10 bits per heavy atom. The summed E-state index contributed by atoms with van der Waals surface area (Å²) in [5, 5.41) is -3.47. The van der Waals surface area contributed by atoms with Crippen LogP contribution in [-0.2, 0) is 9.53 Å². The molecule has 0 aromatic carbocycles. The molecule has 0 heterocycles. The zero-order valence-corrected chi connectivity index (χ0v) is 5.87. The standard InChI is InChI=1S/C4H5F3O2S/c1-2(8)9-4(7,10)3(5)6/h3,10H,1H3. The molecule has 0 aliphatic rings. The van der Waals surface area contributed by atoms with Gasteiger partial charge in [0.2, 0.25) is 0 Å². The predicted molar refractivity (Wildman–Crippen MR) is 30.6 cm³/mol. The predicted octanol–water partition coefficient (Wildman–Crippen LogP) is 1.37. The van der Waals surface area contributed by atoms with E-state index in [-0.39, 0.29) is 0 Å². The van der Waals surface area contributed by atoms with Crippen molar-refractivity contribution in [2.24, 2.45) is 0 Å². The second kappa shape index (κ2) is 3.14. The van der Waals surface area contributed by atoms with Crippen LogP contribution in [0, 0.1) is 0 Å². The number of carbonyl (C=O) groups excluding carboxylic acids is 1. The van der Waals surface area contributed by atoms with Gasteiger partial charge < -0.3 is 4.74 Å². The first kappa shape index (κ1) is 9.61. The van der Waals surface area contributed by atoms with Crippen LogP contribution in [0.5, 0.6) is 0 Å². The first-order valence-electron chi connectivity index (χ1n) is 2.25. The maximum absolute atomic E-state index is 12.1. The fourth-order valence-electron chi connectivity index (χ4n) is 0.246.